The maximum Gasteiger partial charge on any atom is 0.320 e. The van der Waals surface area contributed by atoms with E-state index in [2.05, 4.69) is 22.8 Å². The van der Waals surface area contributed by atoms with Crippen molar-refractivity contribution in [2.24, 2.45) is 23.7 Å². The van der Waals surface area contributed by atoms with E-state index >= 15 is 0 Å². The molecule has 2 bridgehead atoms. The molecule has 1 aromatic carbocycles. The van der Waals surface area contributed by atoms with Gasteiger partial charge in [-0.05, 0) is 36.8 Å². The SMILES string of the molecule is COc1ccccc1NC(=O)NCN1C(=O)[C@@H]2[C@@H](C1=O)[C@H]1C=C[C@H]2CC1. The van der Waals surface area contributed by atoms with Crippen LogP contribution in [0.25, 0.3) is 0 Å². The molecule has 7 nitrogen and oxygen atoms in total. The molecule has 7 heteroatoms. The Kier molecular flexibility index (Phi) is 4.14. The Morgan fingerprint density at radius 3 is 2.31 bits per heavy atom. The number of amides is 4. The second-order valence-corrected chi connectivity index (χ2v) is 6.94. The number of fused-ring (bicyclic) bond motifs is 1. The monoisotopic (exact) mass is 355 g/mol. The van der Waals surface area contributed by atoms with Gasteiger partial charge in [-0.3, -0.25) is 14.5 Å². The minimum absolute atomic E-state index is 0.120. The molecule has 5 rings (SSSR count). The summed E-state index contributed by atoms with van der Waals surface area (Å²) in [6, 6.07) is 6.53. The van der Waals surface area contributed by atoms with Crippen molar-refractivity contribution in [1.29, 1.82) is 0 Å². The lowest BCUT2D eigenvalue weighted by atomic mass is 9.63. The molecule has 1 aliphatic heterocycles. The maximum atomic E-state index is 12.7. The molecule has 3 aliphatic carbocycles. The van der Waals surface area contributed by atoms with Crippen LogP contribution in [0, 0.1) is 23.7 Å². The number of imide groups is 1. The molecule has 2 fully saturated rings. The quantitative estimate of drug-likeness (QED) is 0.638. The van der Waals surface area contributed by atoms with Crippen LogP contribution in [0.15, 0.2) is 36.4 Å². The number of anilines is 1. The number of benzene rings is 1. The standard InChI is InChI=1S/C19H21N3O4/c1-26-14-5-3-2-4-13(14)21-19(25)20-10-22-17(23)15-11-6-7-12(9-8-11)16(15)18(22)24/h2-7,11-12,15-16H,8-10H2,1H3,(H2,20,21,25)/t11-,12-,15-,16-/m0/s1. The largest absolute Gasteiger partial charge is 0.495 e. The topological polar surface area (TPSA) is 87.7 Å². The van der Waals surface area contributed by atoms with E-state index in [9.17, 15) is 14.4 Å². The molecule has 1 saturated heterocycles. The fourth-order valence-electron chi connectivity index (χ4n) is 4.36. The Hall–Kier alpha value is -2.83. The lowest BCUT2D eigenvalue weighted by Gasteiger charge is -2.38. The summed E-state index contributed by atoms with van der Waals surface area (Å²) in [5.74, 6) is -0.0312. The first-order valence-corrected chi connectivity index (χ1v) is 8.81. The summed E-state index contributed by atoms with van der Waals surface area (Å²) in [5.41, 5.74) is 0.516. The van der Waals surface area contributed by atoms with E-state index in [1.165, 1.54) is 12.0 Å². The van der Waals surface area contributed by atoms with Crippen LogP contribution < -0.4 is 15.4 Å². The summed E-state index contributed by atoms with van der Waals surface area (Å²) in [7, 11) is 1.52. The molecular formula is C19H21N3O4. The van der Waals surface area contributed by atoms with Gasteiger partial charge in [-0.25, -0.2) is 4.79 Å². The van der Waals surface area contributed by atoms with E-state index in [0.29, 0.717) is 11.4 Å². The molecular weight excluding hydrogens is 334 g/mol. The molecule has 0 spiro atoms. The Morgan fingerprint density at radius 2 is 1.73 bits per heavy atom. The van der Waals surface area contributed by atoms with Crippen LogP contribution in [0.3, 0.4) is 0 Å². The number of ether oxygens (including phenoxy) is 1. The molecule has 1 aromatic rings. The van der Waals surface area contributed by atoms with Gasteiger partial charge in [0.05, 0.1) is 24.6 Å². The Morgan fingerprint density at radius 1 is 1.12 bits per heavy atom. The third-order valence-electron chi connectivity index (χ3n) is 5.60. The van der Waals surface area contributed by atoms with Crippen molar-refractivity contribution in [3.8, 4) is 5.75 Å². The van der Waals surface area contributed by atoms with E-state index in [4.69, 9.17) is 4.74 Å². The molecule has 4 amide bonds. The first-order chi connectivity index (χ1) is 12.6. The lowest BCUT2D eigenvalue weighted by molar-refractivity contribution is -0.140. The summed E-state index contributed by atoms with van der Waals surface area (Å²) < 4.78 is 5.18. The number of hydrogen-bond donors (Lipinski definition) is 2. The molecule has 1 saturated carbocycles. The predicted octanol–water partition coefficient (Wildman–Crippen LogP) is 1.97. The van der Waals surface area contributed by atoms with Crippen molar-refractivity contribution >= 4 is 23.5 Å². The van der Waals surface area contributed by atoms with E-state index < -0.39 is 6.03 Å². The van der Waals surface area contributed by atoms with E-state index in [-0.39, 0.29) is 42.2 Å². The molecule has 2 N–H and O–H groups in total. The highest BCUT2D eigenvalue weighted by atomic mass is 16.5. The van der Waals surface area contributed by atoms with Gasteiger partial charge < -0.3 is 15.4 Å². The summed E-state index contributed by atoms with van der Waals surface area (Å²) in [5, 5.41) is 5.27. The van der Waals surface area contributed by atoms with E-state index in [0.717, 1.165) is 12.8 Å². The zero-order valence-corrected chi connectivity index (χ0v) is 14.5. The average Bonchev–Trinajstić information content (AvgIpc) is 2.94. The maximum absolute atomic E-state index is 12.7. The number of carbonyl (C=O) groups excluding carboxylic acids is 3. The number of allylic oxidation sites excluding steroid dienone is 2. The highest BCUT2D eigenvalue weighted by Crippen LogP contribution is 2.49. The van der Waals surface area contributed by atoms with E-state index in [1.54, 1.807) is 24.3 Å². The van der Waals surface area contributed by atoms with Gasteiger partial charge in [-0.15, -0.1) is 0 Å². The fourth-order valence-corrected chi connectivity index (χ4v) is 4.36. The molecule has 26 heavy (non-hydrogen) atoms. The number of nitrogens with one attached hydrogen (secondary N) is 2. The minimum Gasteiger partial charge on any atom is -0.495 e. The molecule has 4 atom stereocenters. The van der Waals surface area contributed by atoms with Crippen molar-refractivity contribution in [2.45, 2.75) is 12.8 Å². The minimum atomic E-state index is -0.494. The van der Waals surface area contributed by atoms with E-state index in [1.807, 2.05) is 0 Å². The van der Waals surface area contributed by atoms with Gasteiger partial charge >= 0.3 is 6.03 Å². The fraction of sp³-hybridized carbons (Fsp3) is 0.421. The Balaban J connectivity index is 1.40. The average molecular weight is 355 g/mol. The van der Waals surface area contributed by atoms with Crippen molar-refractivity contribution < 1.29 is 19.1 Å². The highest BCUT2D eigenvalue weighted by molar-refractivity contribution is 6.06. The number of rotatable bonds is 4. The zero-order chi connectivity index (χ0) is 18.3. The molecule has 0 radical (unpaired) electrons. The van der Waals surface area contributed by atoms with Crippen LogP contribution in [-0.4, -0.2) is 36.5 Å². The molecule has 4 aliphatic rings. The Bertz CT molecular complexity index is 759. The second-order valence-electron chi connectivity index (χ2n) is 6.94. The van der Waals surface area contributed by atoms with Gasteiger partial charge in [0, 0.05) is 0 Å². The van der Waals surface area contributed by atoms with Gasteiger partial charge in [-0.2, -0.15) is 0 Å². The lowest BCUT2D eigenvalue weighted by Crippen LogP contribution is -2.43. The number of hydrogen-bond acceptors (Lipinski definition) is 4. The van der Waals surface area contributed by atoms with Crippen molar-refractivity contribution in [1.82, 2.24) is 10.2 Å². The van der Waals surface area contributed by atoms with Crippen molar-refractivity contribution in [3.05, 3.63) is 36.4 Å². The van der Waals surface area contributed by atoms with Crippen LogP contribution >= 0.6 is 0 Å². The van der Waals surface area contributed by atoms with Crippen LogP contribution in [0.1, 0.15) is 12.8 Å². The van der Waals surface area contributed by atoms with Gasteiger partial charge in [0.2, 0.25) is 11.8 Å². The number of carbonyl (C=O) groups is 3. The zero-order valence-electron chi connectivity index (χ0n) is 14.5. The second kappa shape index (κ2) is 6.48. The summed E-state index contributed by atoms with van der Waals surface area (Å²) in [6.07, 6.45) is 6.06. The van der Waals surface area contributed by atoms with Gasteiger partial charge in [0.1, 0.15) is 12.4 Å². The van der Waals surface area contributed by atoms with Gasteiger partial charge in [0.25, 0.3) is 0 Å². The van der Waals surface area contributed by atoms with Crippen LogP contribution in [0.4, 0.5) is 10.5 Å². The van der Waals surface area contributed by atoms with Crippen LogP contribution in [0.5, 0.6) is 5.75 Å². The number of urea groups is 1. The van der Waals surface area contributed by atoms with Crippen LogP contribution in [-0.2, 0) is 9.59 Å². The molecule has 0 aromatic heterocycles. The number of likely N-dealkylation sites (tertiary alicyclic amines) is 1. The third-order valence-corrected chi connectivity index (χ3v) is 5.60. The van der Waals surface area contributed by atoms with Crippen molar-refractivity contribution in [3.63, 3.8) is 0 Å². The number of nitrogens with zero attached hydrogens (tertiary/aromatic N) is 1. The Labute approximate surface area is 151 Å². The van der Waals surface area contributed by atoms with Gasteiger partial charge in [-0.1, -0.05) is 24.3 Å². The predicted molar refractivity (Wildman–Crippen MR) is 94.2 cm³/mol. The summed E-state index contributed by atoms with van der Waals surface area (Å²) in [4.78, 5) is 38.7. The highest BCUT2D eigenvalue weighted by Gasteiger charge is 2.56. The van der Waals surface area contributed by atoms with Crippen molar-refractivity contribution in [2.75, 3.05) is 19.1 Å². The number of para-hydroxylation sites is 2. The number of methoxy groups -OCH3 is 1. The van der Waals surface area contributed by atoms with Crippen LogP contribution in [0.2, 0.25) is 0 Å². The third kappa shape index (κ3) is 2.64. The normalized spacial score (nSPS) is 28.9. The summed E-state index contributed by atoms with van der Waals surface area (Å²) >= 11 is 0. The first kappa shape index (κ1) is 16.6. The van der Waals surface area contributed by atoms with Gasteiger partial charge in [0.15, 0.2) is 0 Å². The smallest absolute Gasteiger partial charge is 0.320 e. The molecule has 136 valence electrons. The molecule has 1 heterocycles. The first-order valence-electron chi connectivity index (χ1n) is 8.81. The molecule has 0 unspecified atom stereocenters. The summed E-state index contributed by atoms with van der Waals surface area (Å²) in [6.45, 7) is -0.120.